The molecule has 140 valence electrons. The maximum absolute atomic E-state index is 6.25. The summed E-state index contributed by atoms with van der Waals surface area (Å²) in [5, 5.41) is 7.86. The van der Waals surface area contributed by atoms with Gasteiger partial charge in [-0.2, -0.15) is 5.10 Å². The quantitative estimate of drug-likeness (QED) is 0.343. The molecule has 7 heteroatoms. The minimum absolute atomic E-state index is 0.466. The molecule has 1 N–H and O–H groups in total. The summed E-state index contributed by atoms with van der Waals surface area (Å²) in [6.07, 6.45) is 2.53. The number of thiazole rings is 1. The largest absolute Gasteiger partial charge is 0.490 e. The highest BCUT2D eigenvalue weighted by Gasteiger charge is 2.09. The van der Waals surface area contributed by atoms with Crippen LogP contribution in [0, 0.1) is 6.92 Å². The van der Waals surface area contributed by atoms with Crippen molar-refractivity contribution in [2.45, 2.75) is 20.3 Å². The van der Waals surface area contributed by atoms with Crippen LogP contribution in [0.25, 0.3) is 11.3 Å². The van der Waals surface area contributed by atoms with Crippen molar-refractivity contribution in [3.05, 3.63) is 63.0 Å². The lowest BCUT2D eigenvalue weighted by Crippen LogP contribution is -1.97. The Morgan fingerprint density at radius 1 is 1.19 bits per heavy atom. The van der Waals surface area contributed by atoms with Gasteiger partial charge in [0.1, 0.15) is 0 Å². The Balaban J connectivity index is 1.66. The number of ether oxygens (including phenoxy) is 1. The molecule has 4 nitrogen and oxygen atoms in total. The van der Waals surface area contributed by atoms with E-state index >= 15 is 0 Å². The first-order valence-electron chi connectivity index (χ1n) is 8.50. The molecule has 0 bridgehead atoms. The second-order valence-corrected chi connectivity index (χ2v) is 7.61. The third-order valence-corrected chi connectivity index (χ3v) is 5.00. The average Bonchev–Trinajstić information content (AvgIpc) is 3.10. The Hall–Kier alpha value is -2.08. The standard InChI is InChI=1S/C20H19Cl2N3OS/c1-3-8-26-19-16(21)9-14(10-17(19)22)11-23-25-20-24-18(12-27-20)15-6-4-13(2)5-7-15/h4-7,9-12H,3,8H2,1-2H3,(H,24,25)/b23-11-. The zero-order valence-corrected chi connectivity index (χ0v) is 17.3. The molecule has 3 rings (SSSR count). The molecule has 3 aromatic rings. The minimum atomic E-state index is 0.466. The van der Waals surface area contributed by atoms with Crippen LogP contribution in [0.3, 0.4) is 0 Å². The number of anilines is 1. The summed E-state index contributed by atoms with van der Waals surface area (Å²) in [4.78, 5) is 4.55. The highest BCUT2D eigenvalue weighted by molar-refractivity contribution is 7.14. The highest BCUT2D eigenvalue weighted by atomic mass is 35.5. The van der Waals surface area contributed by atoms with Crippen LogP contribution in [-0.4, -0.2) is 17.8 Å². The van der Waals surface area contributed by atoms with E-state index in [1.165, 1.54) is 16.9 Å². The number of rotatable bonds is 7. The molecule has 1 heterocycles. The van der Waals surface area contributed by atoms with Crippen molar-refractivity contribution >= 4 is 45.9 Å². The monoisotopic (exact) mass is 419 g/mol. The smallest absolute Gasteiger partial charge is 0.203 e. The summed E-state index contributed by atoms with van der Waals surface area (Å²) < 4.78 is 5.57. The Morgan fingerprint density at radius 2 is 1.89 bits per heavy atom. The fourth-order valence-corrected chi connectivity index (χ4v) is 3.62. The number of aryl methyl sites for hydroxylation is 1. The van der Waals surface area contributed by atoms with Crippen LogP contribution in [0.15, 0.2) is 46.9 Å². The first kappa shape index (κ1) is 19.7. The van der Waals surface area contributed by atoms with Crippen molar-refractivity contribution in [2.75, 3.05) is 12.0 Å². The molecule has 0 radical (unpaired) electrons. The second-order valence-electron chi connectivity index (χ2n) is 5.94. The van der Waals surface area contributed by atoms with Crippen molar-refractivity contribution in [2.24, 2.45) is 5.10 Å². The van der Waals surface area contributed by atoms with Gasteiger partial charge in [0, 0.05) is 10.9 Å². The van der Waals surface area contributed by atoms with E-state index in [2.05, 4.69) is 46.7 Å². The molecule has 0 atom stereocenters. The lowest BCUT2D eigenvalue weighted by Gasteiger charge is -2.09. The molecule has 0 aliphatic rings. The van der Waals surface area contributed by atoms with Crippen molar-refractivity contribution in [3.8, 4) is 17.0 Å². The number of halogens is 2. The van der Waals surface area contributed by atoms with E-state index in [1.54, 1.807) is 18.3 Å². The fraction of sp³-hybridized carbons (Fsp3) is 0.200. The number of nitrogens with zero attached hydrogens (tertiary/aromatic N) is 2. The number of hydrogen-bond donors (Lipinski definition) is 1. The number of benzene rings is 2. The van der Waals surface area contributed by atoms with Crippen LogP contribution < -0.4 is 10.2 Å². The predicted octanol–water partition coefficient (Wildman–Crippen LogP) is 6.66. The third kappa shape index (κ3) is 5.22. The molecular weight excluding hydrogens is 401 g/mol. The van der Waals surface area contributed by atoms with Gasteiger partial charge in [-0.1, -0.05) is 60.0 Å². The van der Waals surface area contributed by atoms with Gasteiger partial charge in [-0.25, -0.2) is 4.98 Å². The number of hydrogen-bond acceptors (Lipinski definition) is 5. The average molecular weight is 420 g/mol. The first-order chi connectivity index (χ1) is 13.1. The second kappa shape index (κ2) is 9.22. The zero-order valence-electron chi connectivity index (χ0n) is 15.0. The first-order valence-corrected chi connectivity index (χ1v) is 10.1. The van der Waals surface area contributed by atoms with Crippen LogP contribution >= 0.6 is 34.5 Å². The Kier molecular flexibility index (Phi) is 6.72. The van der Waals surface area contributed by atoms with Gasteiger partial charge < -0.3 is 4.74 Å². The number of hydrazone groups is 1. The summed E-state index contributed by atoms with van der Waals surface area (Å²) in [6, 6.07) is 11.8. The van der Waals surface area contributed by atoms with Crippen LogP contribution in [0.2, 0.25) is 10.0 Å². The van der Waals surface area contributed by atoms with E-state index in [-0.39, 0.29) is 0 Å². The van der Waals surface area contributed by atoms with Gasteiger partial charge in [-0.05, 0) is 31.0 Å². The van der Waals surface area contributed by atoms with Crippen LogP contribution in [0.5, 0.6) is 5.75 Å². The fourth-order valence-electron chi connectivity index (χ4n) is 2.34. The topological polar surface area (TPSA) is 46.5 Å². The van der Waals surface area contributed by atoms with Crippen molar-refractivity contribution in [3.63, 3.8) is 0 Å². The summed E-state index contributed by atoms with van der Waals surface area (Å²) in [5.74, 6) is 0.507. The molecule has 0 spiro atoms. The molecule has 0 saturated heterocycles. The summed E-state index contributed by atoms with van der Waals surface area (Å²) in [5.41, 5.74) is 6.94. The molecule has 27 heavy (non-hydrogen) atoms. The molecule has 1 aromatic heterocycles. The zero-order chi connectivity index (χ0) is 19.2. The van der Waals surface area contributed by atoms with Crippen LogP contribution in [0.4, 0.5) is 5.13 Å². The van der Waals surface area contributed by atoms with E-state index in [0.717, 1.165) is 23.2 Å². The molecule has 0 unspecified atom stereocenters. The van der Waals surface area contributed by atoms with Crippen molar-refractivity contribution in [1.82, 2.24) is 4.98 Å². The van der Waals surface area contributed by atoms with Crippen LogP contribution in [0.1, 0.15) is 24.5 Å². The molecule has 0 aliphatic carbocycles. The van der Waals surface area contributed by atoms with Gasteiger partial charge in [0.2, 0.25) is 5.13 Å². The number of aromatic nitrogens is 1. The molecule has 0 aliphatic heterocycles. The maximum Gasteiger partial charge on any atom is 0.203 e. The van der Waals surface area contributed by atoms with E-state index < -0.39 is 0 Å². The number of nitrogens with one attached hydrogen (secondary N) is 1. The SMILES string of the molecule is CCCOc1c(Cl)cc(/C=N\Nc2nc(-c3ccc(C)cc3)cs2)cc1Cl. The summed E-state index contributed by atoms with van der Waals surface area (Å²) in [7, 11) is 0. The Bertz CT molecular complexity index is 916. The van der Waals surface area contributed by atoms with E-state index in [4.69, 9.17) is 27.9 Å². The van der Waals surface area contributed by atoms with Gasteiger partial charge >= 0.3 is 0 Å². The third-order valence-electron chi connectivity index (χ3n) is 3.70. The van der Waals surface area contributed by atoms with Gasteiger partial charge in [-0.3, -0.25) is 5.43 Å². The summed E-state index contributed by atoms with van der Waals surface area (Å²) >= 11 is 14.0. The van der Waals surface area contributed by atoms with Gasteiger partial charge in [0.05, 0.1) is 28.6 Å². The minimum Gasteiger partial charge on any atom is -0.490 e. The summed E-state index contributed by atoms with van der Waals surface area (Å²) in [6.45, 7) is 4.66. The van der Waals surface area contributed by atoms with Gasteiger partial charge in [0.15, 0.2) is 5.75 Å². The Morgan fingerprint density at radius 3 is 2.56 bits per heavy atom. The van der Waals surface area contributed by atoms with Crippen molar-refractivity contribution in [1.29, 1.82) is 0 Å². The van der Waals surface area contributed by atoms with E-state index in [9.17, 15) is 0 Å². The van der Waals surface area contributed by atoms with E-state index in [1.807, 2.05) is 12.3 Å². The predicted molar refractivity (Wildman–Crippen MR) is 116 cm³/mol. The Labute approximate surface area is 172 Å². The lowest BCUT2D eigenvalue weighted by atomic mass is 10.1. The lowest BCUT2D eigenvalue weighted by molar-refractivity contribution is 0.318. The maximum atomic E-state index is 6.25. The van der Waals surface area contributed by atoms with Crippen LogP contribution in [-0.2, 0) is 0 Å². The van der Waals surface area contributed by atoms with Gasteiger partial charge in [-0.15, -0.1) is 11.3 Å². The molecular formula is C20H19Cl2N3OS. The molecule has 2 aromatic carbocycles. The normalized spacial score (nSPS) is 11.1. The molecule has 0 fully saturated rings. The van der Waals surface area contributed by atoms with Crippen molar-refractivity contribution < 1.29 is 4.74 Å². The molecule has 0 amide bonds. The highest BCUT2D eigenvalue weighted by Crippen LogP contribution is 2.34. The van der Waals surface area contributed by atoms with E-state index in [0.29, 0.717) is 27.5 Å². The molecule has 0 saturated carbocycles. The van der Waals surface area contributed by atoms with Gasteiger partial charge in [0.25, 0.3) is 0 Å².